The summed E-state index contributed by atoms with van der Waals surface area (Å²) in [6.45, 7) is 4.23. The second kappa shape index (κ2) is 4.18. The van der Waals surface area contributed by atoms with E-state index in [1.165, 1.54) is 0 Å². The fourth-order valence-electron chi connectivity index (χ4n) is 0.282. The lowest BCUT2D eigenvalue weighted by molar-refractivity contribution is 0.426. The number of nitrogens with zero attached hydrogens (tertiary/aromatic N) is 2. The molecule has 0 fully saturated rings. The molecule has 54 valence electrons. The van der Waals surface area contributed by atoms with E-state index >= 15 is 0 Å². The van der Waals surface area contributed by atoms with E-state index in [2.05, 4.69) is 24.4 Å². The zero-order chi connectivity index (χ0) is 7.28. The Morgan fingerprint density at radius 3 is 2.44 bits per heavy atom. The van der Waals surface area contributed by atoms with Gasteiger partial charge < -0.3 is 10.3 Å². The molecule has 0 spiro atoms. The van der Waals surface area contributed by atoms with E-state index in [1.54, 1.807) is 13.4 Å². The van der Waals surface area contributed by atoms with Crippen LogP contribution in [0.5, 0.6) is 0 Å². The number of nitrogens with one attached hydrogen (secondary N) is 1. The van der Waals surface area contributed by atoms with Crippen LogP contribution >= 0.6 is 0 Å². The van der Waals surface area contributed by atoms with Crippen molar-refractivity contribution in [3.05, 3.63) is 0 Å². The Morgan fingerprint density at radius 1 is 1.56 bits per heavy atom. The average molecular weight is 129 g/mol. The van der Waals surface area contributed by atoms with E-state index in [-0.39, 0.29) is 0 Å². The Bertz CT molecular complexity index is 88.3. The summed E-state index contributed by atoms with van der Waals surface area (Å²) in [5.41, 5.74) is 2.68. The lowest BCUT2D eigenvalue weighted by Gasteiger charge is -2.16. The first-order valence-corrected chi connectivity index (χ1v) is 3.10. The maximum atomic E-state index is 3.84. The van der Waals surface area contributed by atoms with Gasteiger partial charge in [0.05, 0.1) is 0 Å². The Hall–Kier alpha value is -0.730. The van der Waals surface area contributed by atoms with Gasteiger partial charge in [0, 0.05) is 20.1 Å². The summed E-state index contributed by atoms with van der Waals surface area (Å²) in [6.07, 6.45) is 1.77. The predicted octanol–water partition coefficient (Wildman–Crippen LogP) is 0.489. The summed E-state index contributed by atoms with van der Waals surface area (Å²) in [7, 11) is 3.77. The van der Waals surface area contributed by atoms with Crippen LogP contribution in [-0.4, -0.2) is 31.4 Å². The van der Waals surface area contributed by atoms with E-state index in [4.69, 9.17) is 0 Å². The van der Waals surface area contributed by atoms with Crippen molar-refractivity contribution in [1.82, 2.24) is 10.3 Å². The van der Waals surface area contributed by atoms with Gasteiger partial charge in [-0.25, -0.2) is 0 Å². The highest BCUT2D eigenvalue weighted by atomic mass is 15.3. The number of hydrazone groups is 1. The molecule has 0 heterocycles. The maximum absolute atomic E-state index is 3.84. The molecular weight excluding hydrogens is 114 g/mol. The lowest BCUT2D eigenvalue weighted by atomic mass is 10.4. The van der Waals surface area contributed by atoms with Gasteiger partial charge in [0.1, 0.15) is 6.34 Å². The van der Waals surface area contributed by atoms with Crippen LogP contribution in [0.25, 0.3) is 0 Å². The SMILES string of the molecule is CN/N=C\N(C)C(C)C. The molecule has 1 N–H and O–H groups in total. The van der Waals surface area contributed by atoms with E-state index in [9.17, 15) is 0 Å². The van der Waals surface area contributed by atoms with Crippen molar-refractivity contribution in [2.24, 2.45) is 5.10 Å². The van der Waals surface area contributed by atoms with Crippen LogP contribution in [-0.2, 0) is 0 Å². The third kappa shape index (κ3) is 3.82. The topological polar surface area (TPSA) is 27.6 Å². The van der Waals surface area contributed by atoms with Gasteiger partial charge in [0.2, 0.25) is 0 Å². The monoisotopic (exact) mass is 129 g/mol. The minimum atomic E-state index is 0.516. The molecule has 0 aromatic rings. The van der Waals surface area contributed by atoms with Crippen LogP contribution in [0.15, 0.2) is 5.10 Å². The van der Waals surface area contributed by atoms with Crippen LogP contribution in [0, 0.1) is 0 Å². The second-order valence-corrected chi connectivity index (χ2v) is 2.23. The summed E-state index contributed by atoms with van der Waals surface area (Å²) in [5.74, 6) is 0. The Kier molecular flexibility index (Phi) is 3.84. The third-order valence-corrected chi connectivity index (χ3v) is 1.18. The van der Waals surface area contributed by atoms with Gasteiger partial charge in [-0.3, -0.25) is 0 Å². The van der Waals surface area contributed by atoms with Crippen molar-refractivity contribution in [3.63, 3.8) is 0 Å². The largest absolute Gasteiger partial charge is 0.362 e. The quantitative estimate of drug-likeness (QED) is 0.341. The lowest BCUT2D eigenvalue weighted by Crippen LogP contribution is -2.25. The molecule has 0 aliphatic heterocycles. The fraction of sp³-hybridized carbons (Fsp3) is 0.833. The minimum Gasteiger partial charge on any atom is -0.362 e. The average Bonchev–Trinajstić information content (AvgIpc) is 1.82. The molecule has 0 amide bonds. The van der Waals surface area contributed by atoms with Crippen molar-refractivity contribution >= 4 is 6.34 Å². The van der Waals surface area contributed by atoms with Gasteiger partial charge in [-0.1, -0.05) is 0 Å². The molecule has 0 aromatic heterocycles. The normalized spacial score (nSPS) is 10.8. The zero-order valence-electron chi connectivity index (χ0n) is 6.55. The van der Waals surface area contributed by atoms with Crippen LogP contribution in [0.1, 0.15) is 13.8 Å². The van der Waals surface area contributed by atoms with Crippen molar-refractivity contribution < 1.29 is 0 Å². The van der Waals surface area contributed by atoms with Gasteiger partial charge in [-0.2, -0.15) is 5.10 Å². The van der Waals surface area contributed by atoms with E-state index in [1.807, 2.05) is 11.9 Å². The molecule has 9 heavy (non-hydrogen) atoms. The van der Waals surface area contributed by atoms with Crippen LogP contribution < -0.4 is 5.43 Å². The van der Waals surface area contributed by atoms with Crippen LogP contribution in [0.3, 0.4) is 0 Å². The van der Waals surface area contributed by atoms with E-state index in [0.29, 0.717) is 6.04 Å². The highest BCUT2D eigenvalue weighted by molar-refractivity contribution is 5.54. The molecule has 3 nitrogen and oxygen atoms in total. The molecule has 0 radical (unpaired) electrons. The molecule has 0 aliphatic rings. The molecule has 0 unspecified atom stereocenters. The molecule has 0 saturated heterocycles. The van der Waals surface area contributed by atoms with E-state index < -0.39 is 0 Å². The maximum Gasteiger partial charge on any atom is 0.111 e. The Morgan fingerprint density at radius 2 is 2.11 bits per heavy atom. The molecular formula is C6H15N3. The van der Waals surface area contributed by atoms with Crippen molar-refractivity contribution in [2.45, 2.75) is 19.9 Å². The van der Waals surface area contributed by atoms with Crippen molar-refractivity contribution in [3.8, 4) is 0 Å². The Labute approximate surface area is 56.7 Å². The molecule has 0 atom stereocenters. The highest BCUT2D eigenvalue weighted by Gasteiger charge is 1.94. The first-order chi connectivity index (χ1) is 4.18. The minimum absolute atomic E-state index is 0.516. The summed E-state index contributed by atoms with van der Waals surface area (Å²) in [6, 6.07) is 0.516. The van der Waals surface area contributed by atoms with Gasteiger partial charge in [-0.05, 0) is 13.8 Å². The number of hydrogen-bond donors (Lipinski definition) is 1. The number of rotatable bonds is 3. The smallest absolute Gasteiger partial charge is 0.111 e. The van der Waals surface area contributed by atoms with Gasteiger partial charge in [0.15, 0.2) is 0 Å². The molecule has 3 heteroatoms. The van der Waals surface area contributed by atoms with Crippen molar-refractivity contribution in [2.75, 3.05) is 14.1 Å². The van der Waals surface area contributed by atoms with Crippen LogP contribution in [0.2, 0.25) is 0 Å². The Balaban J connectivity index is 3.48. The van der Waals surface area contributed by atoms with Gasteiger partial charge >= 0.3 is 0 Å². The molecule has 0 saturated carbocycles. The second-order valence-electron chi connectivity index (χ2n) is 2.23. The predicted molar refractivity (Wildman–Crippen MR) is 40.5 cm³/mol. The standard InChI is InChI=1S/C6H15N3/c1-6(2)9(4)5-8-7-3/h5-7H,1-4H3/b8-5-. The molecule has 0 aromatic carbocycles. The molecule has 0 rings (SSSR count). The summed E-state index contributed by atoms with van der Waals surface area (Å²) in [5, 5.41) is 3.84. The van der Waals surface area contributed by atoms with Gasteiger partial charge in [0.25, 0.3) is 0 Å². The summed E-state index contributed by atoms with van der Waals surface area (Å²) < 4.78 is 0. The fourth-order valence-corrected chi connectivity index (χ4v) is 0.282. The summed E-state index contributed by atoms with van der Waals surface area (Å²) >= 11 is 0. The number of hydrogen-bond acceptors (Lipinski definition) is 2. The zero-order valence-corrected chi connectivity index (χ0v) is 6.55. The van der Waals surface area contributed by atoms with Gasteiger partial charge in [-0.15, -0.1) is 0 Å². The van der Waals surface area contributed by atoms with Crippen molar-refractivity contribution in [1.29, 1.82) is 0 Å². The third-order valence-electron chi connectivity index (χ3n) is 1.18. The van der Waals surface area contributed by atoms with Crippen LogP contribution in [0.4, 0.5) is 0 Å². The molecule has 0 aliphatic carbocycles. The highest BCUT2D eigenvalue weighted by Crippen LogP contribution is 1.86. The summed E-state index contributed by atoms with van der Waals surface area (Å²) in [4.78, 5) is 2.02. The molecule has 0 bridgehead atoms. The van der Waals surface area contributed by atoms with E-state index in [0.717, 1.165) is 0 Å². The first-order valence-electron chi connectivity index (χ1n) is 3.10. The first kappa shape index (κ1) is 8.27.